The van der Waals surface area contributed by atoms with Crippen molar-refractivity contribution in [2.24, 2.45) is 0 Å². The van der Waals surface area contributed by atoms with Crippen LogP contribution in [0.15, 0.2) is 48.5 Å². The Balaban J connectivity index is 1.86. The summed E-state index contributed by atoms with van der Waals surface area (Å²) in [6, 6.07) is 13.0. The highest BCUT2D eigenvalue weighted by Gasteiger charge is 2.21. The predicted octanol–water partition coefficient (Wildman–Crippen LogP) is 3.11. The third kappa shape index (κ3) is 5.81. The molecule has 0 aliphatic carbocycles. The summed E-state index contributed by atoms with van der Waals surface area (Å²) in [5.74, 6) is -0.445. The summed E-state index contributed by atoms with van der Waals surface area (Å²) >= 11 is 0. The molecule has 2 aromatic rings. The third-order valence-electron chi connectivity index (χ3n) is 3.81. The van der Waals surface area contributed by atoms with E-state index in [-0.39, 0.29) is 17.8 Å². The first-order valence-corrected chi connectivity index (χ1v) is 8.27. The lowest BCUT2D eigenvalue weighted by molar-refractivity contribution is -0.383. The van der Waals surface area contributed by atoms with E-state index in [1.165, 1.54) is 25.1 Å². The van der Waals surface area contributed by atoms with Crippen molar-refractivity contribution in [2.75, 3.05) is 12.4 Å². The lowest BCUT2D eigenvalue weighted by Gasteiger charge is -2.13. The third-order valence-corrected chi connectivity index (χ3v) is 3.81. The Kier molecular flexibility index (Phi) is 6.87. The number of benzene rings is 2. The average Bonchev–Trinajstić information content (AvgIpc) is 2.67. The van der Waals surface area contributed by atoms with Crippen LogP contribution in [-0.4, -0.2) is 30.0 Å². The normalized spacial score (nSPS) is 11.3. The van der Waals surface area contributed by atoms with Gasteiger partial charge in [0.2, 0.25) is 0 Å². The number of ether oxygens (including phenoxy) is 2. The molecule has 142 valence electrons. The summed E-state index contributed by atoms with van der Waals surface area (Å²) in [5.41, 5.74) is 0.752. The summed E-state index contributed by atoms with van der Waals surface area (Å²) in [6.07, 6.45) is -0.510. The van der Waals surface area contributed by atoms with E-state index in [2.05, 4.69) is 5.32 Å². The van der Waals surface area contributed by atoms with Crippen molar-refractivity contribution < 1.29 is 24.0 Å². The number of carbonyl (C=O) groups is 2. The number of nitrogens with one attached hydrogen (secondary N) is 1. The van der Waals surface area contributed by atoms with Crippen LogP contribution in [0.1, 0.15) is 18.9 Å². The van der Waals surface area contributed by atoms with Gasteiger partial charge in [0.15, 0.2) is 6.10 Å². The molecule has 0 aliphatic rings. The van der Waals surface area contributed by atoms with Gasteiger partial charge in [-0.15, -0.1) is 0 Å². The van der Waals surface area contributed by atoms with Gasteiger partial charge in [0.1, 0.15) is 11.4 Å². The van der Waals surface area contributed by atoms with Gasteiger partial charge in [-0.25, -0.2) is 0 Å². The van der Waals surface area contributed by atoms with Crippen LogP contribution in [0.25, 0.3) is 0 Å². The molecule has 0 heterocycles. The monoisotopic (exact) mass is 372 g/mol. The standard InChI is InChI=1S/C19H20N2O6/c1-13(19(23)20-16-5-3-4-6-17(16)21(24)25)27-18(22)12-9-14-7-10-15(26-2)11-8-14/h3-8,10-11,13H,9,12H2,1-2H3,(H,20,23). The lowest BCUT2D eigenvalue weighted by Crippen LogP contribution is -2.30. The highest BCUT2D eigenvalue weighted by atomic mass is 16.6. The highest BCUT2D eigenvalue weighted by Crippen LogP contribution is 2.23. The van der Waals surface area contributed by atoms with Gasteiger partial charge in [-0.3, -0.25) is 19.7 Å². The molecule has 8 heteroatoms. The van der Waals surface area contributed by atoms with E-state index in [1.807, 2.05) is 12.1 Å². The zero-order chi connectivity index (χ0) is 19.8. The molecule has 0 spiro atoms. The Bertz CT molecular complexity index is 819. The van der Waals surface area contributed by atoms with Crippen molar-refractivity contribution in [3.8, 4) is 5.75 Å². The van der Waals surface area contributed by atoms with E-state index in [1.54, 1.807) is 25.3 Å². The van der Waals surface area contributed by atoms with E-state index in [0.717, 1.165) is 11.3 Å². The number of hydrogen-bond donors (Lipinski definition) is 1. The molecule has 0 saturated heterocycles. The van der Waals surface area contributed by atoms with E-state index in [4.69, 9.17) is 9.47 Å². The van der Waals surface area contributed by atoms with Crippen molar-refractivity contribution in [2.45, 2.75) is 25.9 Å². The van der Waals surface area contributed by atoms with Crippen LogP contribution >= 0.6 is 0 Å². The number of esters is 1. The molecule has 1 unspecified atom stereocenters. The van der Waals surface area contributed by atoms with Gasteiger partial charge in [-0.05, 0) is 37.1 Å². The molecular weight excluding hydrogens is 352 g/mol. The molecule has 27 heavy (non-hydrogen) atoms. The molecule has 0 aliphatic heterocycles. The van der Waals surface area contributed by atoms with Crippen LogP contribution in [0.4, 0.5) is 11.4 Å². The molecule has 2 aromatic carbocycles. The number of hydrogen-bond acceptors (Lipinski definition) is 6. The van der Waals surface area contributed by atoms with Crippen molar-refractivity contribution in [3.63, 3.8) is 0 Å². The number of amides is 1. The number of carbonyl (C=O) groups excluding carboxylic acids is 2. The van der Waals surface area contributed by atoms with Crippen molar-refractivity contribution in [3.05, 3.63) is 64.2 Å². The van der Waals surface area contributed by atoms with Gasteiger partial charge in [0, 0.05) is 12.5 Å². The largest absolute Gasteiger partial charge is 0.497 e. The maximum absolute atomic E-state index is 12.1. The molecule has 0 saturated carbocycles. The minimum absolute atomic E-state index is 0.0497. The maximum Gasteiger partial charge on any atom is 0.306 e. The smallest absolute Gasteiger partial charge is 0.306 e. The highest BCUT2D eigenvalue weighted by molar-refractivity contribution is 5.96. The van der Waals surface area contributed by atoms with Gasteiger partial charge >= 0.3 is 5.97 Å². The van der Waals surface area contributed by atoms with Crippen LogP contribution < -0.4 is 10.1 Å². The van der Waals surface area contributed by atoms with Crippen molar-refractivity contribution in [1.29, 1.82) is 0 Å². The van der Waals surface area contributed by atoms with E-state index in [9.17, 15) is 19.7 Å². The maximum atomic E-state index is 12.1. The van der Waals surface area contributed by atoms with Gasteiger partial charge in [0.25, 0.3) is 11.6 Å². The molecule has 0 aromatic heterocycles. The van der Waals surface area contributed by atoms with Crippen molar-refractivity contribution >= 4 is 23.3 Å². The number of nitro groups is 1. The number of aryl methyl sites for hydroxylation is 1. The Hall–Kier alpha value is -3.42. The van der Waals surface area contributed by atoms with E-state index in [0.29, 0.717) is 6.42 Å². The Morgan fingerprint density at radius 1 is 1.15 bits per heavy atom. The van der Waals surface area contributed by atoms with Crippen LogP contribution in [-0.2, 0) is 20.7 Å². The van der Waals surface area contributed by atoms with Gasteiger partial charge in [0.05, 0.1) is 12.0 Å². The first kappa shape index (κ1) is 19.9. The number of nitrogens with zero attached hydrogens (tertiary/aromatic N) is 1. The first-order valence-electron chi connectivity index (χ1n) is 8.27. The van der Waals surface area contributed by atoms with Crippen LogP contribution in [0.5, 0.6) is 5.75 Å². The van der Waals surface area contributed by atoms with Crippen molar-refractivity contribution in [1.82, 2.24) is 0 Å². The minimum atomic E-state index is -1.08. The fraction of sp³-hybridized carbons (Fsp3) is 0.263. The summed E-state index contributed by atoms with van der Waals surface area (Å²) < 4.78 is 10.2. The number of methoxy groups -OCH3 is 1. The molecule has 1 atom stereocenters. The number of nitro benzene ring substituents is 1. The van der Waals surface area contributed by atoms with Crippen LogP contribution in [0.3, 0.4) is 0 Å². The molecule has 8 nitrogen and oxygen atoms in total. The van der Waals surface area contributed by atoms with Gasteiger partial charge in [-0.2, -0.15) is 0 Å². The Labute approximate surface area is 156 Å². The zero-order valence-electron chi connectivity index (χ0n) is 15.0. The van der Waals surface area contributed by atoms with E-state index >= 15 is 0 Å². The molecular formula is C19H20N2O6. The second-order valence-corrected chi connectivity index (χ2v) is 5.74. The van der Waals surface area contributed by atoms with Crippen LogP contribution in [0, 0.1) is 10.1 Å². The summed E-state index contributed by atoms with van der Waals surface area (Å²) in [7, 11) is 1.57. The molecule has 1 amide bonds. The molecule has 0 bridgehead atoms. The lowest BCUT2D eigenvalue weighted by atomic mass is 10.1. The summed E-state index contributed by atoms with van der Waals surface area (Å²) in [6.45, 7) is 1.41. The molecule has 0 radical (unpaired) electrons. The topological polar surface area (TPSA) is 108 Å². The van der Waals surface area contributed by atoms with E-state index < -0.39 is 22.9 Å². The predicted molar refractivity (Wildman–Crippen MR) is 98.6 cm³/mol. The number of anilines is 1. The summed E-state index contributed by atoms with van der Waals surface area (Å²) in [5, 5.41) is 13.4. The number of para-hydroxylation sites is 2. The average molecular weight is 372 g/mol. The quantitative estimate of drug-likeness (QED) is 0.433. The molecule has 1 N–H and O–H groups in total. The van der Waals surface area contributed by atoms with Gasteiger partial charge in [-0.1, -0.05) is 24.3 Å². The molecule has 2 rings (SSSR count). The second kappa shape index (κ2) is 9.33. The summed E-state index contributed by atoms with van der Waals surface area (Å²) in [4.78, 5) is 34.5. The number of rotatable bonds is 8. The first-order chi connectivity index (χ1) is 12.9. The fourth-order valence-electron chi connectivity index (χ4n) is 2.32. The molecule has 0 fully saturated rings. The van der Waals surface area contributed by atoms with Gasteiger partial charge < -0.3 is 14.8 Å². The Morgan fingerprint density at radius 2 is 1.81 bits per heavy atom. The Morgan fingerprint density at radius 3 is 2.44 bits per heavy atom. The second-order valence-electron chi connectivity index (χ2n) is 5.74. The minimum Gasteiger partial charge on any atom is -0.497 e. The van der Waals surface area contributed by atoms with Crippen LogP contribution in [0.2, 0.25) is 0 Å². The SMILES string of the molecule is COc1ccc(CCC(=O)OC(C)C(=O)Nc2ccccc2[N+](=O)[O-])cc1. The fourth-order valence-corrected chi connectivity index (χ4v) is 2.32. The zero-order valence-corrected chi connectivity index (χ0v) is 15.0.